The fourth-order valence-electron chi connectivity index (χ4n) is 1.42. The number of hydrogen-bond donors (Lipinski definition) is 1. The molecule has 0 saturated heterocycles. The molecular formula is C10H22O. The van der Waals surface area contributed by atoms with Crippen LogP contribution in [-0.2, 0) is 0 Å². The van der Waals surface area contributed by atoms with Gasteiger partial charge in [0.1, 0.15) is 0 Å². The Morgan fingerprint density at radius 1 is 1.00 bits per heavy atom. The SMILES string of the molecule is CCCCC[C@@H](CO)CCC. The van der Waals surface area contributed by atoms with Crippen LogP contribution in [0.2, 0.25) is 0 Å². The van der Waals surface area contributed by atoms with Gasteiger partial charge >= 0.3 is 0 Å². The topological polar surface area (TPSA) is 20.2 Å². The summed E-state index contributed by atoms with van der Waals surface area (Å²) in [6, 6.07) is 0. The van der Waals surface area contributed by atoms with Crippen molar-refractivity contribution < 1.29 is 5.11 Å². The van der Waals surface area contributed by atoms with Gasteiger partial charge in [0.25, 0.3) is 0 Å². The van der Waals surface area contributed by atoms with E-state index < -0.39 is 0 Å². The molecule has 0 aromatic heterocycles. The van der Waals surface area contributed by atoms with E-state index in [4.69, 9.17) is 5.11 Å². The van der Waals surface area contributed by atoms with Crippen LogP contribution in [0.5, 0.6) is 0 Å². The van der Waals surface area contributed by atoms with Gasteiger partial charge in [-0.3, -0.25) is 0 Å². The summed E-state index contributed by atoms with van der Waals surface area (Å²) in [5, 5.41) is 8.96. The van der Waals surface area contributed by atoms with Crippen molar-refractivity contribution in [2.45, 2.75) is 52.4 Å². The first-order valence-corrected chi connectivity index (χ1v) is 4.96. The first-order valence-electron chi connectivity index (χ1n) is 4.96. The minimum absolute atomic E-state index is 0.386. The number of rotatable bonds is 7. The van der Waals surface area contributed by atoms with Gasteiger partial charge in [0.05, 0.1) is 0 Å². The predicted octanol–water partition coefficient (Wildman–Crippen LogP) is 2.98. The van der Waals surface area contributed by atoms with Crippen molar-refractivity contribution in [1.29, 1.82) is 0 Å². The highest BCUT2D eigenvalue weighted by Gasteiger charge is 2.04. The third-order valence-corrected chi connectivity index (χ3v) is 2.17. The van der Waals surface area contributed by atoms with Crippen LogP contribution in [0.15, 0.2) is 0 Å². The Balaban J connectivity index is 3.20. The minimum Gasteiger partial charge on any atom is -0.396 e. The molecule has 0 saturated carbocycles. The number of hydrogen-bond acceptors (Lipinski definition) is 1. The maximum Gasteiger partial charge on any atom is 0.0459 e. The first kappa shape index (κ1) is 11.0. The van der Waals surface area contributed by atoms with Crippen molar-refractivity contribution in [3.8, 4) is 0 Å². The molecule has 0 unspecified atom stereocenters. The van der Waals surface area contributed by atoms with E-state index in [1.807, 2.05) is 0 Å². The van der Waals surface area contributed by atoms with Gasteiger partial charge in [-0.25, -0.2) is 0 Å². The van der Waals surface area contributed by atoms with Gasteiger partial charge in [0.15, 0.2) is 0 Å². The van der Waals surface area contributed by atoms with Crippen LogP contribution in [0.3, 0.4) is 0 Å². The summed E-state index contributed by atoms with van der Waals surface area (Å²) in [5.41, 5.74) is 0. The lowest BCUT2D eigenvalue weighted by Gasteiger charge is -2.11. The average Bonchev–Trinajstić information content (AvgIpc) is 2.03. The second-order valence-electron chi connectivity index (χ2n) is 3.33. The van der Waals surface area contributed by atoms with E-state index in [-0.39, 0.29) is 0 Å². The van der Waals surface area contributed by atoms with Gasteiger partial charge in [-0.2, -0.15) is 0 Å². The van der Waals surface area contributed by atoms with Crippen LogP contribution in [0.1, 0.15) is 52.4 Å². The Labute approximate surface area is 70.8 Å². The Hall–Kier alpha value is -0.0400. The highest BCUT2D eigenvalue weighted by Crippen LogP contribution is 2.14. The number of aliphatic hydroxyl groups is 1. The van der Waals surface area contributed by atoms with E-state index in [9.17, 15) is 0 Å². The van der Waals surface area contributed by atoms with Crippen molar-refractivity contribution in [1.82, 2.24) is 0 Å². The third-order valence-electron chi connectivity index (χ3n) is 2.17. The quantitative estimate of drug-likeness (QED) is 0.565. The lowest BCUT2D eigenvalue weighted by molar-refractivity contribution is 0.207. The van der Waals surface area contributed by atoms with Gasteiger partial charge < -0.3 is 5.11 Å². The van der Waals surface area contributed by atoms with Crippen molar-refractivity contribution >= 4 is 0 Å². The van der Waals surface area contributed by atoms with Crippen LogP contribution >= 0.6 is 0 Å². The van der Waals surface area contributed by atoms with Crippen LogP contribution < -0.4 is 0 Å². The van der Waals surface area contributed by atoms with Crippen LogP contribution in [0.25, 0.3) is 0 Å². The molecule has 0 aromatic carbocycles. The summed E-state index contributed by atoms with van der Waals surface area (Å²) in [5.74, 6) is 0.576. The zero-order valence-electron chi connectivity index (χ0n) is 7.97. The number of aliphatic hydroxyl groups excluding tert-OH is 1. The summed E-state index contributed by atoms with van der Waals surface area (Å²) in [6.45, 7) is 4.79. The molecule has 0 aliphatic heterocycles. The zero-order valence-corrected chi connectivity index (χ0v) is 7.97. The molecule has 0 spiro atoms. The van der Waals surface area contributed by atoms with E-state index in [1.165, 1.54) is 38.5 Å². The Morgan fingerprint density at radius 2 is 1.73 bits per heavy atom. The second kappa shape index (κ2) is 8.06. The van der Waals surface area contributed by atoms with Gasteiger partial charge in [0.2, 0.25) is 0 Å². The molecular weight excluding hydrogens is 136 g/mol. The summed E-state index contributed by atoms with van der Waals surface area (Å²) in [4.78, 5) is 0. The second-order valence-corrected chi connectivity index (χ2v) is 3.33. The predicted molar refractivity (Wildman–Crippen MR) is 49.6 cm³/mol. The van der Waals surface area contributed by atoms with Gasteiger partial charge in [-0.1, -0.05) is 39.5 Å². The lowest BCUT2D eigenvalue weighted by Crippen LogP contribution is -2.05. The van der Waals surface area contributed by atoms with E-state index in [0.29, 0.717) is 12.5 Å². The fourth-order valence-corrected chi connectivity index (χ4v) is 1.42. The molecule has 11 heavy (non-hydrogen) atoms. The first-order chi connectivity index (χ1) is 5.35. The van der Waals surface area contributed by atoms with Crippen molar-refractivity contribution in [2.24, 2.45) is 5.92 Å². The highest BCUT2D eigenvalue weighted by molar-refractivity contribution is 4.56. The van der Waals surface area contributed by atoms with E-state index in [1.54, 1.807) is 0 Å². The van der Waals surface area contributed by atoms with E-state index in [2.05, 4.69) is 13.8 Å². The summed E-state index contributed by atoms with van der Waals surface area (Å²) in [6.07, 6.45) is 7.52. The molecule has 0 fully saturated rings. The Bertz CT molecular complexity index is 71.3. The van der Waals surface area contributed by atoms with E-state index >= 15 is 0 Å². The Kier molecular flexibility index (Phi) is 8.03. The molecule has 68 valence electrons. The Morgan fingerprint density at radius 3 is 2.18 bits per heavy atom. The minimum atomic E-state index is 0.386. The van der Waals surface area contributed by atoms with Crippen LogP contribution in [0.4, 0.5) is 0 Å². The molecule has 1 N–H and O–H groups in total. The monoisotopic (exact) mass is 158 g/mol. The smallest absolute Gasteiger partial charge is 0.0459 e. The molecule has 0 radical (unpaired) electrons. The lowest BCUT2D eigenvalue weighted by atomic mass is 9.98. The zero-order chi connectivity index (χ0) is 8.53. The number of unbranched alkanes of at least 4 members (excludes halogenated alkanes) is 2. The maximum absolute atomic E-state index is 8.96. The molecule has 0 heterocycles. The molecule has 0 aliphatic carbocycles. The van der Waals surface area contributed by atoms with Gasteiger partial charge in [0, 0.05) is 6.61 Å². The molecule has 0 bridgehead atoms. The van der Waals surface area contributed by atoms with Crippen molar-refractivity contribution in [3.05, 3.63) is 0 Å². The molecule has 1 heteroatoms. The van der Waals surface area contributed by atoms with Gasteiger partial charge in [-0.05, 0) is 18.8 Å². The summed E-state index contributed by atoms with van der Waals surface area (Å²) < 4.78 is 0. The highest BCUT2D eigenvalue weighted by atomic mass is 16.3. The van der Waals surface area contributed by atoms with Crippen LogP contribution in [-0.4, -0.2) is 11.7 Å². The largest absolute Gasteiger partial charge is 0.396 e. The normalized spacial score (nSPS) is 13.4. The molecule has 0 aliphatic rings. The molecule has 0 aromatic rings. The van der Waals surface area contributed by atoms with E-state index in [0.717, 1.165) is 0 Å². The summed E-state index contributed by atoms with van der Waals surface area (Å²) >= 11 is 0. The van der Waals surface area contributed by atoms with Crippen molar-refractivity contribution in [2.75, 3.05) is 6.61 Å². The average molecular weight is 158 g/mol. The third kappa shape index (κ3) is 6.36. The molecule has 1 nitrogen and oxygen atoms in total. The van der Waals surface area contributed by atoms with Crippen molar-refractivity contribution in [3.63, 3.8) is 0 Å². The molecule has 1 atom stereocenters. The van der Waals surface area contributed by atoms with Gasteiger partial charge in [-0.15, -0.1) is 0 Å². The molecule has 0 amide bonds. The maximum atomic E-state index is 8.96. The molecule has 0 rings (SSSR count). The fraction of sp³-hybridized carbons (Fsp3) is 1.00. The summed E-state index contributed by atoms with van der Waals surface area (Å²) in [7, 11) is 0. The standard InChI is InChI=1S/C10H22O/c1-3-5-6-8-10(9-11)7-4-2/h10-11H,3-9H2,1-2H3/t10-/m0/s1. The van der Waals surface area contributed by atoms with Crippen LogP contribution in [0, 0.1) is 5.92 Å².